The van der Waals surface area contributed by atoms with Gasteiger partial charge in [-0.3, -0.25) is 4.98 Å². The average molecular weight is 409 g/mol. The lowest BCUT2D eigenvalue weighted by atomic mass is 10.1. The van der Waals surface area contributed by atoms with E-state index in [0.29, 0.717) is 17.9 Å². The number of pyridine rings is 1. The van der Waals surface area contributed by atoms with E-state index in [0.717, 1.165) is 45.6 Å². The molecule has 0 saturated heterocycles. The number of fused-ring (bicyclic) bond motifs is 1. The van der Waals surface area contributed by atoms with Crippen LogP contribution in [-0.2, 0) is 6.54 Å². The van der Waals surface area contributed by atoms with E-state index in [9.17, 15) is 0 Å². The SMILES string of the molecule is Cc1cccc(-c2[nH]c(CNc3cccc(C#N)c3)nc2-c2ccc3c(c2)OCO3)n1. The number of hydrogen-bond donors (Lipinski definition) is 2. The quantitative estimate of drug-likeness (QED) is 0.498. The molecule has 0 amide bonds. The fourth-order valence-electron chi connectivity index (χ4n) is 3.51. The number of H-pyrrole nitrogens is 1. The predicted molar refractivity (Wildman–Crippen MR) is 117 cm³/mol. The van der Waals surface area contributed by atoms with Crippen LogP contribution in [0.4, 0.5) is 5.69 Å². The monoisotopic (exact) mass is 409 g/mol. The number of rotatable bonds is 5. The fraction of sp³-hybridized carbons (Fsp3) is 0.125. The highest BCUT2D eigenvalue weighted by atomic mass is 16.7. The highest BCUT2D eigenvalue weighted by Crippen LogP contribution is 2.38. The van der Waals surface area contributed by atoms with E-state index < -0.39 is 0 Å². The minimum atomic E-state index is 0.225. The van der Waals surface area contributed by atoms with Gasteiger partial charge in [-0.15, -0.1) is 0 Å². The summed E-state index contributed by atoms with van der Waals surface area (Å²) in [5.41, 5.74) is 5.75. The van der Waals surface area contributed by atoms with Gasteiger partial charge in [-0.2, -0.15) is 5.26 Å². The van der Waals surface area contributed by atoms with Crippen molar-refractivity contribution in [2.75, 3.05) is 12.1 Å². The summed E-state index contributed by atoms with van der Waals surface area (Å²) in [4.78, 5) is 12.9. The third-order valence-electron chi connectivity index (χ3n) is 4.99. The van der Waals surface area contributed by atoms with Crippen LogP contribution in [0, 0.1) is 18.3 Å². The van der Waals surface area contributed by atoms with Crippen LogP contribution in [0.3, 0.4) is 0 Å². The molecule has 3 heterocycles. The third-order valence-corrected chi connectivity index (χ3v) is 4.99. The van der Waals surface area contributed by atoms with Crippen molar-refractivity contribution in [1.82, 2.24) is 15.0 Å². The smallest absolute Gasteiger partial charge is 0.231 e. The maximum Gasteiger partial charge on any atom is 0.231 e. The van der Waals surface area contributed by atoms with Gasteiger partial charge in [0.25, 0.3) is 0 Å². The van der Waals surface area contributed by atoms with Crippen LogP contribution >= 0.6 is 0 Å². The molecule has 0 aliphatic carbocycles. The molecule has 152 valence electrons. The number of anilines is 1. The first-order chi connectivity index (χ1) is 15.2. The molecule has 0 fully saturated rings. The van der Waals surface area contributed by atoms with Crippen molar-refractivity contribution < 1.29 is 9.47 Å². The topological polar surface area (TPSA) is 95.9 Å². The zero-order chi connectivity index (χ0) is 21.2. The number of ether oxygens (including phenoxy) is 2. The van der Waals surface area contributed by atoms with Crippen LogP contribution in [0.25, 0.3) is 22.6 Å². The van der Waals surface area contributed by atoms with Crippen molar-refractivity contribution in [3.05, 3.63) is 77.7 Å². The molecule has 1 aliphatic heterocycles. The summed E-state index contributed by atoms with van der Waals surface area (Å²) >= 11 is 0. The standard InChI is InChI=1S/C24H19N5O2/c1-15-4-2-7-19(27-15)24-23(17-8-9-20-21(11-17)31-14-30-20)28-22(29-24)13-26-18-6-3-5-16(10-18)12-25/h2-11,26H,13-14H2,1H3,(H,28,29). The normalized spacial score (nSPS) is 11.9. The van der Waals surface area contributed by atoms with Crippen molar-refractivity contribution in [3.8, 4) is 40.2 Å². The molecule has 7 heteroatoms. The molecule has 0 saturated carbocycles. The molecule has 4 aromatic rings. The zero-order valence-corrected chi connectivity index (χ0v) is 16.8. The number of aromatic nitrogens is 3. The van der Waals surface area contributed by atoms with Crippen LogP contribution in [0.5, 0.6) is 11.5 Å². The Labute approximate surface area is 179 Å². The Hall–Kier alpha value is -4.31. The second-order valence-corrected chi connectivity index (χ2v) is 7.19. The molecule has 7 nitrogen and oxygen atoms in total. The summed E-state index contributed by atoms with van der Waals surface area (Å²) in [5, 5.41) is 12.4. The largest absolute Gasteiger partial charge is 0.454 e. The molecule has 5 rings (SSSR count). The Morgan fingerprint density at radius 2 is 1.90 bits per heavy atom. The summed E-state index contributed by atoms with van der Waals surface area (Å²) < 4.78 is 11.0. The molecular formula is C24H19N5O2. The van der Waals surface area contributed by atoms with Gasteiger partial charge < -0.3 is 19.8 Å². The van der Waals surface area contributed by atoms with Crippen LogP contribution in [0.15, 0.2) is 60.7 Å². The lowest BCUT2D eigenvalue weighted by molar-refractivity contribution is 0.174. The minimum absolute atomic E-state index is 0.225. The fourth-order valence-corrected chi connectivity index (χ4v) is 3.51. The molecule has 31 heavy (non-hydrogen) atoms. The number of benzene rings is 2. The Morgan fingerprint density at radius 1 is 1.03 bits per heavy atom. The van der Waals surface area contributed by atoms with Gasteiger partial charge in [-0.1, -0.05) is 12.1 Å². The van der Waals surface area contributed by atoms with E-state index in [-0.39, 0.29) is 6.79 Å². The van der Waals surface area contributed by atoms with Crippen LogP contribution in [0.1, 0.15) is 17.1 Å². The van der Waals surface area contributed by atoms with E-state index in [2.05, 4.69) is 21.4 Å². The van der Waals surface area contributed by atoms with Crippen molar-refractivity contribution in [1.29, 1.82) is 5.26 Å². The molecule has 0 unspecified atom stereocenters. The summed E-state index contributed by atoms with van der Waals surface area (Å²) in [6.45, 7) is 2.66. The predicted octanol–water partition coefficient (Wildman–Crippen LogP) is 4.66. The van der Waals surface area contributed by atoms with Gasteiger partial charge in [0, 0.05) is 16.9 Å². The number of nitriles is 1. The van der Waals surface area contributed by atoms with E-state index in [1.54, 1.807) is 6.07 Å². The first-order valence-corrected chi connectivity index (χ1v) is 9.86. The molecule has 1 aliphatic rings. The summed E-state index contributed by atoms with van der Waals surface area (Å²) in [6.07, 6.45) is 0. The summed E-state index contributed by atoms with van der Waals surface area (Å²) in [7, 11) is 0. The van der Waals surface area contributed by atoms with Gasteiger partial charge in [0.05, 0.1) is 35.3 Å². The molecule has 0 spiro atoms. The van der Waals surface area contributed by atoms with E-state index in [1.807, 2.05) is 61.5 Å². The number of nitrogens with one attached hydrogen (secondary N) is 2. The van der Waals surface area contributed by atoms with Gasteiger partial charge >= 0.3 is 0 Å². The minimum Gasteiger partial charge on any atom is -0.454 e. The average Bonchev–Trinajstić information content (AvgIpc) is 3.44. The van der Waals surface area contributed by atoms with Crippen LogP contribution in [-0.4, -0.2) is 21.7 Å². The van der Waals surface area contributed by atoms with E-state index >= 15 is 0 Å². The lowest BCUT2D eigenvalue weighted by Gasteiger charge is -2.04. The highest BCUT2D eigenvalue weighted by Gasteiger charge is 2.19. The number of aromatic amines is 1. The molecular weight excluding hydrogens is 390 g/mol. The lowest BCUT2D eigenvalue weighted by Crippen LogP contribution is -2.01. The number of imidazole rings is 1. The molecule has 2 aromatic heterocycles. The van der Waals surface area contributed by atoms with Crippen LogP contribution < -0.4 is 14.8 Å². The first kappa shape index (κ1) is 18.7. The van der Waals surface area contributed by atoms with E-state index in [1.165, 1.54) is 0 Å². The Morgan fingerprint density at radius 3 is 2.77 bits per heavy atom. The third kappa shape index (κ3) is 3.79. The number of aryl methyl sites for hydroxylation is 1. The van der Waals surface area contributed by atoms with Gasteiger partial charge in [0.2, 0.25) is 6.79 Å². The highest BCUT2D eigenvalue weighted by molar-refractivity contribution is 5.78. The Balaban J connectivity index is 1.51. The first-order valence-electron chi connectivity index (χ1n) is 9.86. The van der Waals surface area contributed by atoms with E-state index in [4.69, 9.17) is 19.7 Å². The van der Waals surface area contributed by atoms with Crippen LogP contribution in [0.2, 0.25) is 0 Å². The molecule has 0 atom stereocenters. The molecule has 0 bridgehead atoms. The van der Waals surface area contributed by atoms with Gasteiger partial charge in [0.15, 0.2) is 11.5 Å². The molecule has 0 radical (unpaired) electrons. The molecule has 2 N–H and O–H groups in total. The maximum atomic E-state index is 9.11. The molecule has 2 aromatic carbocycles. The van der Waals surface area contributed by atoms with Gasteiger partial charge in [-0.05, 0) is 55.5 Å². The Kier molecular flexibility index (Phi) is 4.73. The zero-order valence-electron chi connectivity index (χ0n) is 16.8. The second kappa shape index (κ2) is 7.84. The summed E-state index contributed by atoms with van der Waals surface area (Å²) in [6, 6.07) is 21.2. The van der Waals surface area contributed by atoms with Crippen molar-refractivity contribution >= 4 is 5.69 Å². The van der Waals surface area contributed by atoms with Crippen molar-refractivity contribution in [3.63, 3.8) is 0 Å². The maximum absolute atomic E-state index is 9.11. The Bertz CT molecular complexity index is 1310. The number of hydrogen-bond acceptors (Lipinski definition) is 6. The van der Waals surface area contributed by atoms with Gasteiger partial charge in [-0.25, -0.2) is 4.98 Å². The van der Waals surface area contributed by atoms with Crippen molar-refractivity contribution in [2.24, 2.45) is 0 Å². The summed E-state index contributed by atoms with van der Waals surface area (Å²) in [5.74, 6) is 2.19. The van der Waals surface area contributed by atoms with Crippen molar-refractivity contribution in [2.45, 2.75) is 13.5 Å². The second-order valence-electron chi connectivity index (χ2n) is 7.19. The van der Waals surface area contributed by atoms with Gasteiger partial charge in [0.1, 0.15) is 5.82 Å². The number of nitrogens with zero attached hydrogens (tertiary/aromatic N) is 3.